The number of aliphatic carboxylic acids is 2. The molecule has 18 heteroatoms. The van der Waals surface area contributed by atoms with E-state index in [-0.39, 0.29) is 38.1 Å². The van der Waals surface area contributed by atoms with Crippen LogP contribution in [-0.4, -0.2) is 139 Å². The molecule has 2 saturated heterocycles. The third-order valence-electron chi connectivity index (χ3n) is 7.99. The van der Waals surface area contributed by atoms with Gasteiger partial charge in [-0.15, -0.1) is 0 Å². The van der Waals surface area contributed by atoms with Gasteiger partial charge in [0.2, 0.25) is 29.5 Å². The van der Waals surface area contributed by atoms with Gasteiger partial charge in [0, 0.05) is 19.5 Å². The van der Waals surface area contributed by atoms with Crippen LogP contribution in [0.25, 0.3) is 0 Å². The van der Waals surface area contributed by atoms with E-state index in [2.05, 4.69) is 16.0 Å². The molecule has 258 valence electrons. The fourth-order valence-corrected chi connectivity index (χ4v) is 5.54. The molecule has 0 saturated carbocycles. The summed E-state index contributed by atoms with van der Waals surface area (Å²) in [5.41, 5.74) is 6.03. The molecule has 1 aromatic carbocycles. The van der Waals surface area contributed by atoms with Crippen molar-refractivity contribution in [1.82, 2.24) is 25.8 Å². The first-order valence-electron chi connectivity index (χ1n) is 15.0. The average molecular weight is 665 g/mol. The lowest BCUT2D eigenvalue weighted by atomic mass is 10.0. The van der Waals surface area contributed by atoms with Crippen LogP contribution in [0.1, 0.15) is 37.7 Å². The van der Waals surface area contributed by atoms with Crippen molar-refractivity contribution < 1.29 is 59.1 Å². The average Bonchev–Trinajstić information content (AvgIpc) is 3.73. The van der Waals surface area contributed by atoms with Gasteiger partial charge in [0.05, 0.1) is 19.6 Å². The summed E-state index contributed by atoms with van der Waals surface area (Å²) in [6.07, 6.45) is 0.0191. The molecule has 5 amide bonds. The quantitative estimate of drug-likeness (QED) is 0.0872. The number of rotatable bonds is 15. The van der Waals surface area contributed by atoms with Crippen LogP contribution in [-0.2, 0) is 40.0 Å². The van der Waals surface area contributed by atoms with Gasteiger partial charge in [0.1, 0.15) is 42.0 Å². The van der Waals surface area contributed by atoms with E-state index in [0.717, 1.165) is 4.90 Å². The number of phenols is 1. The molecule has 10 N–H and O–H groups in total. The lowest BCUT2D eigenvalue weighted by Gasteiger charge is -2.29. The summed E-state index contributed by atoms with van der Waals surface area (Å²) in [4.78, 5) is 91.1. The highest BCUT2D eigenvalue weighted by molar-refractivity contribution is 5.97. The monoisotopic (exact) mass is 664 g/mol. The fraction of sp³-hybridized carbons (Fsp3) is 0.552. The smallest absolute Gasteiger partial charge is 0.326 e. The highest BCUT2D eigenvalue weighted by Crippen LogP contribution is 2.20. The number of carboxylic acid groups (broad SMARTS) is 2. The number of benzene rings is 1. The maximum atomic E-state index is 13.5. The summed E-state index contributed by atoms with van der Waals surface area (Å²) in [6, 6.07) is -2.80. The number of aliphatic hydroxyl groups excluding tert-OH is 2. The van der Waals surface area contributed by atoms with Crippen LogP contribution in [0.3, 0.4) is 0 Å². The Morgan fingerprint density at radius 3 is 1.87 bits per heavy atom. The molecule has 0 bridgehead atoms. The van der Waals surface area contributed by atoms with E-state index in [1.54, 1.807) is 0 Å². The minimum absolute atomic E-state index is 0.0310. The van der Waals surface area contributed by atoms with Crippen molar-refractivity contribution in [2.45, 2.75) is 74.8 Å². The Hall–Kier alpha value is -4.81. The van der Waals surface area contributed by atoms with Gasteiger partial charge < -0.3 is 57.0 Å². The number of aliphatic hydroxyl groups is 2. The summed E-state index contributed by atoms with van der Waals surface area (Å²) in [7, 11) is 0. The Balaban J connectivity index is 1.80. The van der Waals surface area contributed by atoms with Gasteiger partial charge in [-0.25, -0.2) is 4.79 Å². The standard InChI is InChI=1S/C29H40N6O12/c30-17(13-36)27(44)34-9-1-3-21(34)26(43)33-20(14-37)25(42)31-18(11-15-5-7-16(38)8-6-15)24(41)32-19(12-23(39)40)28(45)35-10-2-4-22(35)29(46)47/h5-8,17-22,36-38H,1-4,9-14,30H2,(H,31,42)(H,32,41)(H,33,43)(H,39,40)(H,46,47)/t17-,18-,19-,20-,21-,22-/m0/s1. The number of hydrogen-bond acceptors (Lipinski definition) is 11. The summed E-state index contributed by atoms with van der Waals surface area (Å²) < 4.78 is 0. The molecule has 0 unspecified atom stereocenters. The first-order valence-corrected chi connectivity index (χ1v) is 15.0. The van der Waals surface area contributed by atoms with Crippen molar-refractivity contribution in [2.24, 2.45) is 5.73 Å². The normalized spacial score (nSPS) is 20.1. The van der Waals surface area contributed by atoms with Crippen LogP contribution in [0.2, 0.25) is 0 Å². The van der Waals surface area contributed by atoms with Crippen molar-refractivity contribution >= 4 is 41.5 Å². The molecular formula is C29H40N6O12. The van der Waals surface area contributed by atoms with Crippen LogP contribution < -0.4 is 21.7 Å². The number of carbonyl (C=O) groups excluding carboxylic acids is 5. The van der Waals surface area contributed by atoms with E-state index >= 15 is 0 Å². The van der Waals surface area contributed by atoms with Crippen LogP contribution in [0.5, 0.6) is 5.75 Å². The Kier molecular flexibility index (Phi) is 13.0. The van der Waals surface area contributed by atoms with Crippen molar-refractivity contribution in [2.75, 3.05) is 26.3 Å². The number of aromatic hydroxyl groups is 1. The van der Waals surface area contributed by atoms with Crippen molar-refractivity contribution in [3.63, 3.8) is 0 Å². The third kappa shape index (κ3) is 9.60. The number of carboxylic acids is 2. The lowest BCUT2D eigenvalue weighted by molar-refractivity contribution is -0.150. The van der Waals surface area contributed by atoms with Gasteiger partial charge in [-0.05, 0) is 43.4 Å². The van der Waals surface area contributed by atoms with Crippen LogP contribution in [0.4, 0.5) is 0 Å². The fourth-order valence-electron chi connectivity index (χ4n) is 5.54. The number of hydrogen-bond donors (Lipinski definition) is 9. The maximum Gasteiger partial charge on any atom is 0.326 e. The van der Waals surface area contributed by atoms with Gasteiger partial charge in [-0.1, -0.05) is 12.1 Å². The number of nitrogens with two attached hydrogens (primary N) is 1. The zero-order chi connectivity index (χ0) is 34.8. The molecule has 1 aromatic rings. The van der Waals surface area contributed by atoms with Gasteiger partial charge in [0.25, 0.3) is 0 Å². The topological polar surface area (TPSA) is 289 Å². The lowest BCUT2D eigenvalue weighted by Crippen LogP contribution is -2.60. The summed E-state index contributed by atoms with van der Waals surface area (Å²) in [5.74, 6) is -7.29. The number of phenolic OH excluding ortho intramolecular Hbond substituents is 1. The maximum absolute atomic E-state index is 13.5. The summed E-state index contributed by atoms with van der Waals surface area (Å²) >= 11 is 0. The SMILES string of the molecule is N[C@@H](CO)C(=O)N1CCC[C@H]1C(=O)N[C@@H](CO)C(=O)N[C@@H](Cc1ccc(O)cc1)C(=O)N[C@@H](CC(=O)O)C(=O)N1CCC[C@H]1C(=O)O. The molecule has 0 spiro atoms. The van der Waals surface area contributed by atoms with E-state index in [1.165, 1.54) is 29.2 Å². The number of nitrogens with one attached hydrogen (secondary N) is 3. The van der Waals surface area contributed by atoms with E-state index < -0.39 is 97.4 Å². The molecule has 0 aliphatic carbocycles. The molecule has 0 aromatic heterocycles. The highest BCUT2D eigenvalue weighted by atomic mass is 16.4. The zero-order valence-electron chi connectivity index (χ0n) is 25.4. The van der Waals surface area contributed by atoms with Crippen molar-refractivity contribution in [3.05, 3.63) is 29.8 Å². The third-order valence-corrected chi connectivity index (χ3v) is 7.99. The van der Waals surface area contributed by atoms with Gasteiger partial charge >= 0.3 is 11.9 Å². The first-order chi connectivity index (χ1) is 22.3. The van der Waals surface area contributed by atoms with E-state index in [9.17, 15) is 59.1 Å². The molecule has 47 heavy (non-hydrogen) atoms. The van der Waals surface area contributed by atoms with Crippen molar-refractivity contribution in [1.29, 1.82) is 0 Å². The molecule has 3 rings (SSSR count). The largest absolute Gasteiger partial charge is 0.508 e. The molecule has 2 fully saturated rings. The predicted octanol–water partition coefficient (Wildman–Crippen LogP) is -3.76. The summed E-state index contributed by atoms with van der Waals surface area (Å²) in [6.45, 7) is -1.36. The number of amides is 5. The Bertz CT molecular complexity index is 1340. The summed E-state index contributed by atoms with van der Waals surface area (Å²) in [5, 5.41) is 54.8. The number of likely N-dealkylation sites (tertiary alicyclic amines) is 2. The van der Waals surface area contributed by atoms with Crippen LogP contribution in [0.15, 0.2) is 24.3 Å². The number of nitrogens with zero attached hydrogens (tertiary/aromatic N) is 2. The van der Waals surface area contributed by atoms with Crippen LogP contribution in [0, 0.1) is 0 Å². The molecule has 6 atom stereocenters. The number of carbonyl (C=O) groups is 7. The molecule has 0 radical (unpaired) electrons. The molecule has 2 aliphatic rings. The van der Waals surface area contributed by atoms with Crippen LogP contribution >= 0.6 is 0 Å². The van der Waals surface area contributed by atoms with E-state index in [0.29, 0.717) is 18.4 Å². The van der Waals surface area contributed by atoms with Crippen molar-refractivity contribution in [3.8, 4) is 5.75 Å². The van der Waals surface area contributed by atoms with Gasteiger partial charge in [-0.2, -0.15) is 0 Å². The second-order valence-electron chi connectivity index (χ2n) is 11.3. The highest BCUT2D eigenvalue weighted by Gasteiger charge is 2.40. The first kappa shape index (κ1) is 36.7. The Morgan fingerprint density at radius 1 is 0.766 bits per heavy atom. The molecule has 2 heterocycles. The minimum Gasteiger partial charge on any atom is -0.508 e. The molecular weight excluding hydrogens is 624 g/mol. The van der Waals surface area contributed by atoms with E-state index in [4.69, 9.17) is 5.73 Å². The molecule has 2 aliphatic heterocycles. The zero-order valence-corrected chi connectivity index (χ0v) is 25.4. The van der Waals surface area contributed by atoms with Gasteiger partial charge in [-0.3, -0.25) is 28.8 Å². The van der Waals surface area contributed by atoms with Gasteiger partial charge in [0.15, 0.2) is 0 Å². The van der Waals surface area contributed by atoms with E-state index in [1.807, 2.05) is 0 Å². The second kappa shape index (κ2) is 16.7. The second-order valence-corrected chi connectivity index (χ2v) is 11.3. The molecule has 18 nitrogen and oxygen atoms in total. The predicted molar refractivity (Wildman–Crippen MR) is 159 cm³/mol. The minimum atomic E-state index is -1.69. The Morgan fingerprint density at radius 2 is 1.32 bits per heavy atom. The Labute approximate surface area is 268 Å².